The molecule has 0 bridgehead atoms. The molecule has 2 rings (SSSR count). The van der Waals surface area contributed by atoms with E-state index in [4.69, 9.17) is 9.47 Å². The zero-order valence-corrected chi connectivity index (χ0v) is 16.9. The SMILES string of the molecule is CN=C(NCc1ccc(OC)c(F)c1)N(C)CCOCC1CC1.I. The molecule has 1 N–H and O–H groups in total. The lowest BCUT2D eigenvalue weighted by Gasteiger charge is -2.22. The number of hydrogen-bond acceptors (Lipinski definition) is 3. The van der Waals surface area contributed by atoms with Crippen LogP contribution in [0.15, 0.2) is 23.2 Å². The van der Waals surface area contributed by atoms with E-state index in [9.17, 15) is 4.39 Å². The fourth-order valence-corrected chi connectivity index (χ4v) is 2.23. The summed E-state index contributed by atoms with van der Waals surface area (Å²) in [4.78, 5) is 6.25. The van der Waals surface area contributed by atoms with Gasteiger partial charge in [0.15, 0.2) is 17.5 Å². The Morgan fingerprint density at radius 2 is 2.17 bits per heavy atom. The molecule has 0 spiro atoms. The third kappa shape index (κ3) is 6.80. The Labute approximate surface area is 160 Å². The Hall–Kier alpha value is -1.09. The van der Waals surface area contributed by atoms with Gasteiger partial charge < -0.3 is 19.7 Å². The number of likely N-dealkylation sites (N-methyl/N-ethyl adjacent to an activating group) is 1. The normalized spacial score (nSPS) is 14.1. The molecule has 1 aliphatic rings. The minimum Gasteiger partial charge on any atom is -0.494 e. The van der Waals surface area contributed by atoms with E-state index in [1.54, 1.807) is 13.1 Å². The Balaban J connectivity index is 0.00000288. The first-order valence-corrected chi connectivity index (χ1v) is 7.96. The number of nitrogens with zero attached hydrogens (tertiary/aromatic N) is 2. The van der Waals surface area contributed by atoms with Crippen molar-refractivity contribution in [3.05, 3.63) is 29.6 Å². The lowest BCUT2D eigenvalue weighted by molar-refractivity contribution is 0.115. The fraction of sp³-hybridized carbons (Fsp3) is 0.588. The van der Waals surface area contributed by atoms with Gasteiger partial charge in [0.2, 0.25) is 0 Å². The molecular weight excluding hydrogens is 424 g/mol. The average molecular weight is 451 g/mol. The van der Waals surface area contributed by atoms with Crippen LogP contribution in [0, 0.1) is 11.7 Å². The molecule has 1 aliphatic carbocycles. The number of halogens is 2. The van der Waals surface area contributed by atoms with Crippen LogP contribution in [0.3, 0.4) is 0 Å². The van der Waals surface area contributed by atoms with Gasteiger partial charge in [0.05, 0.1) is 13.7 Å². The van der Waals surface area contributed by atoms with E-state index in [2.05, 4.69) is 10.3 Å². The van der Waals surface area contributed by atoms with E-state index in [1.165, 1.54) is 26.0 Å². The first-order chi connectivity index (χ1) is 11.1. The molecule has 136 valence electrons. The summed E-state index contributed by atoms with van der Waals surface area (Å²) in [5, 5.41) is 3.23. The van der Waals surface area contributed by atoms with Gasteiger partial charge in [0.25, 0.3) is 0 Å². The summed E-state index contributed by atoms with van der Waals surface area (Å²) in [6.45, 7) is 2.82. The van der Waals surface area contributed by atoms with E-state index >= 15 is 0 Å². The summed E-state index contributed by atoms with van der Waals surface area (Å²) in [7, 11) is 5.15. The third-order valence-electron chi connectivity index (χ3n) is 3.86. The predicted molar refractivity (Wildman–Crippen MR) is 105 cm³/mol. The minimum absolute atomic E-state index is 0. The van der Waals surface area contributed by atoms with Gasteiger partial charge in [0, 0.05) is 33.8 Å². The molecule has 1 saturated carbocycles. The monoisotopic (exact) mass is 451 g/mol. The van der Waals surface area contributed by atoms with Crippen LogP contribution in [0.5, 0.6) is 5.75 Å². The Morgan fingerprint density at radius 3 is 2.75 bits per heavy atom. The maximum absolute atomic E-state index is 13.7. The van der Waals surface area contributed by atoms with Gasteiger partial charge in [-0.1, -0.05) is 6.07 Å². The first kappa shape index (κ1) is 21.0. The molecule has 0 unspecified atom stereocenters. The second kappa shape index (κ2) is 10.7. The Bertz CT molecular complexity index is 539. The number of hydrogen-bond donors (Lipinski definition) is 1. The summed E-state index contributed by atoms with van der Waals surface area (Å²) in [6, 6.07) is 4.93. The second-order valence-corrected chi connectivity index (χ2v) is 5.81. The van der Waals surface area contributed by atoms with Crippen molar-refractivity contribution in [1.29, 1.82) is 0 Å². The summed E-state index contributed by atoms with van der Waals surface area (Å²) in [5.74, 6) is 1.44. The van der Waals surface area contributed by atoms with Crippen LogP contribution in [0.2, 0.25) is 0 Å². The van der Waals surface area contributed by atoms with Crippen molar-refractivity contribution in [3.8, 4) is 5.75 Å². The van der Waals surface area contributed by atoms with Gasteiger partial charge in [-0.25, -0.2) is 4.39 Å². The van der Waals surface area contributed by atoms with E-state index in [-0.39, 0.29) is 35.5 Å². The quantitative estimate of drug-likeness (QED) is 0.286. The maximum atomic E-state index is 13.7. The van der Waals surface area contributed by atoms with Crippen molar-refractivity contribution in [2.24, 2.45) is 10.9 Å². The smallest absolute Gasteiger partial charge is 0.193 e. The largest absolute Gasteiger partial charge is 0.494 e. The van der Waals surface area contributed by atoms with Crippen LogP contribution >= 0.6 is 24.0 Å². The molecule has 0 heterocycles. The van der Waals surface area contributed by atoms with E-state index in [0.717, 1.165) is 30.6 Å². The molecule has 0 atom stereocenters. The summed E-state index contributed by atoms with van der Waals surface area (Å²) < 4.78 is 24.2. The number of ether oxygens (including phenoxy) is 2. The van der Waals surface area contributed by atoms with E-state index in [0.29, 0.717) is 13.2 Å². The Morgan fingerprint density at radius 1 is 1.42 bits per heavy atom. The number of aliphatic imine (C=N–C) groups is 1. The molecule has 0 radical (unpaired) electrons. The van der Waals surface area contributed by atoms with Crippen LogP contribution in [0.25, 0.3) is 0 Å². The lowest BCUT2D eigenvalue weighted by atomic mass is 10.2. The highest BCUT2D eigenvalue weighted by atomic mass is 127. The van der Waals surface area contributed by atoms with Gasteiger partial charge in [0.1, 0.15) is 0 Å². The molecule has 5 nitrogen and oxygen atoms in total. The third-order valence-corrected chi connectivity index (χ3v) is 3.86. The molecule has 1 aromatic carbocycles. The zero-order valence-electron chi connectivity index (χ0n) is 14.5. The minimum atomic E-state index is -0.358. The molecule has 1 fully saturated rings. The second-order valence-electron chi connectivity index (χ2n) is 5.81. The molecule has 0 saturated heterocycles. The number of rotatable bonds is 8. The van der Waals surface area contributed by atoms with Gasteiger partial charge >= 0.3 is 0 Å². The van der Waals surface area contributed by atoms with Crippen molar-refractivity contribution in [3.63, 3.8) is 0 Å². The molecule has 0 amide bonds. The summed E-state index contributed by atoms with van der Waals surface area (Å²) >= 11 is 0. The highest BCUT2D eigenvalue weighted by Gasteiger charge is 2.21. The van der Waals surface area contributed by atoms with Crippen molar-refractivity contribution in [2.45, 2.75) is 19.4 Å². The van der Waals surface area contributed by atoms with Gasteiger partial charge in [-0.15, -0.1) is 24.0 Å². The number of benzene rings is 1. The zero-order chi connectivity index (χ0) is 16.7. The molecule has 0 aliphatic heterocycles. The fourth-order valence-electron chi connectivity index (χ4n) is 2.23. The van der Waals surface area contributed by atoms with Crippen LogP contribution in [-0.2, 0) is 11.3 Å². The summed E-state index contributed by atoms with van der Waals surface area (Å²) in [6.07, 6.45) is 2.61. The van der Waals surface area contributed by atoms with Gasteiger partial charge in [-0.3, -0.25) is 4.99 Å². The summed E-state index contributed by atoms with van der Waals surface area (Å²) in [5.41, 5.74) is 0.836. The molecule has 1 aromatic rings. The standard InChI is InChI=1S/C17H26FN3O2.HI/c1-19-17(21(2)8-9-23-12-13-4-5-13)20-11-14-6-7-16(22-3)15(18)10-14;/h6-7,10,13H,4-5,8-9,11-12H2,1-3H3,(H,19,20);1H. The number of nitrogens with one attached hydrogen (secondary N) is 1. The molecular formula is C17H27FIN3O2. The maximum Gasteiger partial charge on any atom is 0.193 e. The van der Waals surface area contributed by atoms with Gasteiger partial charge in [-0.2, -0.15) is 0 Å². The van der Waals surface area contributed by atoms with Crippen LogP contribution < -0.4 is 10.1 Å². The highest BCUT2D eigenvalue weighted by molar-refractivity contribution is 14.0. The Kier molecular flexibility index (Phi) is 9.35. The molecule has 7 heteroatoms. The number of methoxy groups -OCH3 is 1. The van der Waals surface area contributed by atoms with E-state index in [1.807, 2.05) is 18.0 Å². The number of guanidine groups is 1. The van der Waals surface area contributed by atoms with Crippen molar-refractivity contribution in [1.82, 2.24) is 10.2 Å². The molecule has 24 heavy (non-hydrogen) atoms. The first-order valence-electron chi connectivity index (χ1n) is 7.96. The van der Waals surface area contributed by atoms with Crippen molar-refractivity contribution < 1.29 is 13.9 Å². The topological polar surface area (TPSA) is 46.1 Å². The van der Waals surface area contributed by atoms with Crippen LogP contribution in [0.1, 0.15) is 18.4 Å². The lowest BCUT2D eigenvalue weighted by Crippen LogP contribution is -2.40. The van der Waals surface area contributed by atoms with E-state index < -0.39 is 0 Å². The average Bonchev–Trinajstić information content (AvgIpc) is 3.36. The van der Waals surface area contributed by atoms with Crippen molar-refractivity contribution >= 4 is 29.9 Å². The molecule has 0 aromatic heterocycles. The van der Waals surface area contributed by atoms with Crippen LogP contribution in [0.4, 0.5) is 4.39 Å². The van der Waals surface area contributed by atoms with Gasteiger partial charge in [-0.05, 0) is 36.5 Å². The highest BCUT2D eigenvalue weighted by Crippen LogP contribution is 2.28. The van der Waals surface area contributed by atoms with Crippen LogP contribution in [-0.4, -0.2) is 51.8 Å². The van der Waals surface area contributed by atoms with Crippen molar-refractivity contribution in [2.75, 3.05) is 41.0 Å². The predicted octanol–water partition coefficient (Wildman–Crippen LogP) is 2.89.